The third-order valence-corrected chi connectivity index (χ3v) is 2.87. The number of rotatable bonds is 3. The quantitative estimate of drug-likeness (QED) is 0.570. The van der Waals surface area contributed by atoms with Gasteiger partial charge in [-0.05, 0) is 13.3 Å². The normalized spacial score (nSPS) is 28.0. The average molecular weight is 165 g/mol. The summed E-state index contributed by atoms with van der Waals surface area (Å²) in [6.45, 7) is 2.27. The van der Waals surface area contributed by atoms with Gasteiger partial charge in [0.15, 0.2) is 0 Å². The summed E-state index contributed by atoms with van der Waals surface area (Å²) in [5.74, 6) is 0. The first-order valence-corrected chi connectivity index (χ1v) is 4.74. The first-order chi connectivity index (χ1) is 4.50. The molecule has 0 aromatic carbocycles. The Morgan fingerprint density at radius 2 is 2.30 bits per heavy atom. The van der Waals surface area contributed by atoms with Crippen molar-refractivity contribution in [3.05, 3.63) is 0 Å². The van der Waals surface area contributed by atoms with Crippen LogP contribution in [0.4, 0.5) is 0 Å². The Kier molecular flexibility index (Phi) is 1.98. The lowest BCUT2D eigenvalue weighted by atomic mass is 10.3. The van der Waals surface area contributed by atoms with Gasteiger partial charge in [-0.3, -0.25) is 0 Å². The predicted molar refractivity (Wildman–Crippen MR) is 36.9 cm³/mol. The van der Waals surface area contributed by atoms with Crippen molar-refractivity contribution in [2.75, 3.05) is 6.61 Å². The maximum Gasteiger partial charge on any atom is 0.211 e. The number of nitrogens with two attached hydrogens (primary N) is 1. The van der Waals surface area contributed by atoms with E-state index in [0.717, 1.165) is 0 Å². The van der Waals surface area contributed by atoms with Crippen LogP contribution in [0.1, 0.15) is 13.3 Å². The van der Waals surface area contributed by atoms with Gasteiger partial charge in [0.05, 0.1) is 18.0 Å². The summed E-state index contributed by atoms with van der Waals surface area (Å²) in [4.78, 5) is 0. The smallest absolute Gasteiger partial charge is 0.211 e. The van der Waals surface area contributed by atoms with Gasteiger partial charge in [-0.15, -0.1) is 0 Å². The fraction of sp³-hybridized carbons (Fsp3) is 1.00. The van der Waals surface area contributed by atoms with Gasteiger partial charge in [-0.25, -0.2) is 13.6 Å². The Bertz CT molecular complexity index is 207. The third-order valence-electron chi connectivity index (χ3n) is 1.56. The van der Waals surface area contributed by atoms with Crippen molar-refractivity contribution in [3.63, 3.8) is 0 Å². The highest BCUT2D eigenvalue weighted by atomic mass is 32.2. The monoisotopic (exact) mass is 165 g/mol. The lowest BCUT2D eigenvalue weighted by molar-refractivity contribution is 0.394. The van der Waals surface area contributed by atoms with Crippen molar-refractivity contribution in [1.82, 2.24) is 0 Å². The summed E-state index contributed by atoms with van der Waals surface area (Å²) < 4.78 is 26.1. The standard InChI is InChI=1S/C5H11NO3S/c1-4(10(6,7)8)2-5-3-9-5/h4-5H,2-3H2,1H3,(H2,6,7,8). The molecule has 2 atom stereocenters. The summed E-state index contributed by atoms with van der Waals surface area (Å²) in [7, 11) is -3.34. The number of primary sulfonamides is 1. The second-order valence-electron chi connectivity index (χ2n) is 2.59. The fourth-order valence-corrected chi connectivity index (χ4v) is 1.19. The largest absolute Gasteiger partial charge is 0.373 e. The number of hydrogen-bond donors (Lipinski definition) is 1. The molecule has 4 nitrogen and oxygen atoms in total. The number of sulfonamides is 1. The molecule has 1 aliphatic heterocycles. The minimum absolute atomic E-state index is 0.133. The topological polar surface area (TPSA) is 72.7 Å². The van der Waals surface area contributed by atoms with Crippen LogP contribution in [0.15, 0.2) is 0 Å². The second-order valence-corrected chi connectivity index (χ2v) is 4.57. The van der Waals surface area contributed by atoms with E-state index in [9.17, 15) is 8.42 Å². The summed E-state index contributed by atoms with van der Waals surface area (Å²) in [6.07, 6.45) is 0.659. The molecule has 2 N–H and O–H groups in total. The van der Waals surface area contributed by atoms with E-state index < -0.39 is 15.3 Å². The van der Waals surface area contributed by atoms with E-state index in [2.05, 4.69) is 0 Å². The van der Waals surface area contributed by atoms with Gasteiger partial charge in [-0.1, -0.05) is 0 Å². The first kappa shape index (κ1) is 7.97. The lowest BCUT2D eigenvalue weighted by Crippen LogP contribution is -2.26. The highest BCUT2D eigenvalue weighted by Gasteiger charge is 2.28. The molecule has 0 saturated carbocycles. The van der Waals surface area contributed by atoms with Crippen LogP contribution in [0.3, 0.4) is 0 Å². The lowest BCUT2D eigenvalue weighted by Gasteiger charge is -2.04. The summed E-state index contributed by atoms with van der Waals surface area (Å²) in [5.41, 5.74) is 0. The van der Waals surface area contributed by atoms with Crippen LogP contribution in [-0.2, 0) is 14.8 Å². The van der Waals surface area contributed by atoms with Gasteiger partial charge in [0.1, 0.15) is 0 Å². The molecular weight excluding hydrogens is 154 g/mol. The van der Waals surface area contributed by atoms with E-state index in [1.807, 2.05) is 0 Å². The van der Waals surface area contributed by atoms with Gasteiger partial charge < -0.3 is 4.74 Å². The van der Waals surface area contributed by atoms with E-state index in [0.29, 0.717) is 13.0 Å². The maximum absolute atomic E-state index is 10.6. The van der Waals surface area contributed by atoms with Crippen LogP contribution in [0.25, 0.3) is 0 Å². The molecule has 0 spiro atoms. The van der Waals surface area contributed by atoms with Crippen molar-refractivity contribution in [2.45, 2.75) is 24.7 Å². The molecule has 0 amide bonds. The fourth-order valence-electron chi connectivity index (χ4n) is 0.708. The Balaban J connectivity index is 2.40. The average Bonchev–Trinajstić information content (AvgIpc) is 2.47. The molecule has 0 aromatic heterocycles. The summed E-state index contributed by atoms with van der Waals surface area (Å²) >= 11 is 0. The van der Waals surface area contributed by atoms with Crippen molar-refractivity contribution >= 4 is 10.0 Å². The molecule has 0 aromatic rings. The van der Waals surface area contributed by atoms with Crippen LogP contribution in [0.2, 0.25) is 0 Å². The van der Waals surface area contributed by atoms with Crippen LogP contribution >= 0.6 is 0 Å². The molecule has 1 saturated heterocycles. The highest BCUT2D eigenvalue weighted by molar-refractivity contribution is 7.89. The van der Waals surface area contributed by atoms with E-state index in [4.69, 9.17) is 9.88 Å². The molecule has 1 heterocycles. The van der Waals surface area contributed by atoms with E-state index in [-0.39, 0.29) is 6.10 Å². The Hall–Kier alpha value is -0.130. The van der Waals surface area contributed by atoms with E-state index >= 15 is 0 Å². The molecule has 60 valence electrons. The van der Waals surface area contributed by atoms with Crippen molar-refractivity contribution in [1.29, 1.82) is 0 Å². The summed E-state index contributed by atoms with van der Waals surface area (Å²) in [5, 5.41) is 4.40. The zero-order valence-corrected chi connectivity index (χ0v) is 6.60. The molecule has 1 aliphatic rings. The molecule has 0 radical (unpaired) electrons. The Labute approximate surface area is 60.4 Å². The zero-order valence-electron chi connectivity index (χ0n) is 5.78. The molecule has 0 aliphatic carbocycles. The SMILES string of the molecule is CC(CC1CO1)S(N)(=O)=O. The highest BCUT2D eigenvalue weighted by Crippen LogP contribution is 2.17. The minimum atomic E-state index is -3.34. The molecule has 0 bridgehead atoms. The first-order valence-electron chi connectivity index (χ1n) is 3.13. The molecule has 5 heteroatoms. The van der Waals surface area contributed by atoms with Crippen molar-refractivity contribution in [3.8, 4) is 0 Å². The molecular formula is C5H11NO3S. The maximum atomic E-state index is 10.6. The molecule has 1 fully saturated rings. The van der Waals surface area contributed by atoms with Crippen LogP contribution in [0, 0.1) is 0 Å². The van der Waals surface area contributed by atoms with E-state index in [1.165, 1.54) is 0 Å². The van der Waals surface area contributed by atoms with Gasteiger partial charge in [0, 0.05) is 0 Å². The van der Waals surface area contributed by atoms with Gasteiger partial charge >= 0.3 is 0 Å². The van der Waals surface area contributed by atoms with Gasteiger partial charge in [0.2, 0.25) is 10.0 Å². The van der Waals surface area contributed by atoms with E-state index in [1.54, 1.807) is 6.92 Å². The number of hydrogen-bond acceptors (Lipinski definition) is 3. The van der Waals surface area contributed by atoms with Crippen molar-refractivity contribution in [2.24, 2.45) is 5.14 Å². The van der Waals surface area contributed by atoms with Gasteiger partial charge in [-0.2, -0.15) is 0 Å². The van der Waals surface area contributed by atoms with Crippen LogP contribution in [-0.4, -0.2) is 26.4 Å². The minimum Gasteiger partial charge on any atom is -0.373 e. The molecule has 1 rings (SSSR count). The summed E-state index contributed by atoms with van der Waals surface area (Å²) in [6, 6.07) is 0. The Morgan fingerprint density at radius 3 is 2.60 bits per heavy atom. The number of epoxide rings is 1. The van der Waals surface area contributed by atoms with Crippen LogP contribution in [0.5, 0.6) is 0 Å². The zero-order chi connectivity index (χ0) is 7.78. The molecule has 10 heavy (non-hydrogen) atoms. The second kappa shape index (κ2) is 2.48. The predicted octanol–water partition coefficient (Wildman–Crippen LogP) is -0.548. The van der Waals surface area contributed by atoms with Gasteiger partial charge in [0.25, 0.3) is 0 Å². The third kappa shape index (κ3) is 2.24. The van der Waals surface area contributed by atoms with Crippen molar-refractivity contribution < 1.29 is 13.2 Å². The number of ether oxygens (including phenoxy) is 1. The Morgan fingerprint density at radius 1 is 1.80 bits per heavy atom. The van der Waals surface area contributed by atoms with Crippen LogP contribution < -0.4 is 5.14 Å². The molecule has 2 unspecified atom stereocenters.